The molecule has 1 aromatic heterocycles. The molecule has 0 aliphatic heterocycles. The molecule has 0 saturated carbocycles. The normalized spacial score (nSPS) is 10.8. The topological polar surface area (TPSA) is 68.0 Å². The lowest BCUT2D eigenvalue weighted by atomic mass is 10.2. The third-order valence-electron chi connectivity index (χ3n) is 2.76. The maximum Gasteiger partial charge on any atom is 0.338 e. The number of hydrogen-bond donors (Lipinski definition) is 1. The van der Waals surface area contributed by atoms with E-state index in [2.05, 4.69) is 10.3 Å². The van der Waals surface area contributed by atoms with E-state index in [0.29, 0.717) is 16.1 Å². The number of aromatic carboxylic acids is 1. The van der Waals surface area contributed by atoms with Gasteiger partial charge in [0.25, 0.3) is 0 Å². The van der Waals surface area contributed by atoms with Crippen LogP contribution >= 0.6 is 11.6 Å². The van der Waals surface area contributed by atoms with Gasteiger partial charge in [0, 0.05) is 5.02 Å². The van der Waals surface area contributed by atoms with Crippen LogP contribution in [0.3, 0.4) is 0 Å². The highest BCUT2D eigenvalue weighted by Gasteiger charge is 2.14. The van der Waals surface area contributed by atoms with Gasteiger partial charge in [-0.15, -0.1) is 5.10 Å². The van der Waals surface area contributed by atoms with Crippen LogP contribution in [-0.2, 0) is 0 Å². The van der Waals surface area contributed by atoms with Gasteiger partial charge in [0.1, 0.15) is 5.52 Å². The molecule has 0 aliphatic rings. The highest BCUT2D eigenvalue weighted by atomic mass is 35.5. The van der Waals surface area contributed by atoms with Gasteiger partial charge in [-0.2, -0.15) is 0 Å². The Morgan fingerprint density at radius 3 is 2.74 bits per heavy atom. The number of fused-ring (bicyclic) bond motifs is 1. The fourth-order valence-electron chi connectivity index (χ4n) is 1.92. The van der Waals surface area contributed by atoms with Crippen molar-refractivity contribution < 1.29 is 9.90 Å². The van der Waals surface area contributed by atoms with Gasteiger partial charge in [0.15, 0.2) is 0 Å². The molecule has 0 fully saturated rings. The van der Waals surface area contributed by atoms with Crippen molar-refractivity contribution in [2.45, 2.75) is 0 Å². The molecule has 1 heterocycles. The van der Waals surface area contributed by atoms with Gasteiger partial charge >= 0.3 is 5.97 Å². The van der Waals surface area contributed by atoms with Crippen LogP contribution in [0.4, 0.5) is 0 Å². The van der Waals surface area contributed by atoms with E-state index in [1.807, 2.05) is 6.07 Å². The second-order valence-corrected chi connectivity index (χ2v) is 4.40. The molecule has 1 N–H and O–H groups in total. The monoisotopic (exact) mass is 273 g/mol. The first-order valence-electron chi connectivity index (χ1n) is 5.50. The number of rotatable bonds is 2. The minimum absolute atomic E-state index is 0.130. The summed E-state index contributed by atoms with van der Waals surface area (Å²) in [7, 11) is 0. The highest BCUT2D eigenvalue weighted by molar-refractivity contribution is 6.30. The molecular formula is C13H8ClN3O2. The molecule has 0 bridgehead atoms. The Morgan fingerprint density at radius 1 is 1.21 bits per heavy atom. The number of aromatic nitrogens is 3. The molecule has 3 rings (SSSR count). The van der Waals surface area contributed by atoms with E-state index in [1.165, 1.54) is 6.07 Å². The zero-order chi connectivity index (χ0) is 13.4. The van der Waals surface area contributed by atoms with E-state index < -0.39 is 5.97 Å². The van der Waals surface area contributed by atoms with E-state index in [0.717, 1.165) is 5.69 Å². The SMILES string of the molecule is O=C(O)c1cccc2c1nnn2-c1cccc(Cl)c1. The van der Waals surface area contributed by atoms with E-state index in [4.69, 9.17) is 16.7 Å². The predicted molar refractivity (Wildman–Crippen MR) is 70.8 cm³/mol. The van der Waals surface area contributed by atoms with Crippen LogP contribution in [0.25, 0.3) is 16.7 Å². The quantitative estimate of drug-likeness (QED) is 0.779. The lowest BCUT2D eigenvalue weighted by Gasteiger charge is -2.02. The number of carbonyl (C=O) groups is 1. The van der Waals surface area contributed by atoms with Crippen LogP contribution in [-0.4, -0.2) is 26.1 Å². The zero-order valence-corrected chi connectivity index (χ0v) is 10.4. The van der Waals surface area contributed by atoms with Crippen LogP contribution in [0.15, 0.2) is 42.5 Å². The summed E-state index contributed by atoms with van der Waals surface area (Å²) in [5.41, 5.74) is 1.85. The van der Waals surface area contributed by atoms with Crippen molar-refractivity contribution in [1.82, 2.24) is 15.0 Å². The maximum absolute atomic E-state index is 11.1. The average molecular weight is 274 g/mol. The Kier molecular flexibility index (Phi) is 2.68. The van der Waals surface area contributed by atoms with Gasteiger partial charge in [-0.05, 0) is 30.3 Å². The molecule has 0 saturated heterocycles. The van der Waals surface area contributed by atoms with E-state index in [-0.39, 0.29) is 5.56 Å². The summed E-state index contributed by atoms with van der Waals surface area (Å²) in [6.07, 6.45) is 0. The smallest absolute Gasteiger partial charge is 0.338 e. The number of carboxylic acid groups (broad SMARTS) is 1. The van der Waals surface area contributed by atoms with Gasteiger partial charge in [-0.1, -0.05) is 28.9 Å². The first kappa shape index (κ1) is 11.7. The molecule has 0 unspecified atom stereocenters. The summed E-state index contributed by atoms with van der Waals surface area (Å²) < 4.78 is 1.56. The number of halogens is 1. The molecule has 0 radical (unpaired) electrons. The van der Waals surface area contributed by atoms with Crippen molar-refractivity contribution in [1.29, 1.82) is 0 Å². The minimum Gasteiger partial charge on any atom is -0.478 e. The van der Waals surface area contributed by atoms with Crippen molar-refractivity contribution in [2.75, 3.05) is 0 Å². The maximum atomic E-state index is 11.1. The van der Waals surface area contributed by atoms with Crippen LogP contribution in [0.2, 0.25) is 5.02 Å². The Balaban J connectivity index is 2.27. The Hall–Kier alpha value is -2.40. The fourth-order valence-corrected chi connectivity index (χ4v) is 2.10. The third-order valence-corrected chi connectivity index (χ3v) is 3.00. The summed E-state index contributed by atoms with van der Waals surface area (Å²) in [5.74, 6) is -1.02. The van der Waals surface area contributed by atoms with Gasteiger partial charge in [-0.25, -0.2) is 9.48 Å². The van der Waals surface area contributed by atoms with E-state index >= 15 is 0 Å². The van der Waals surface area contributed by atoms with Gasteiger partial charge in [0.2, 0.25) is 0 Å². The second kappa shape index (κ2) is 4.37. The van der Waals surface area contributed by atoms with Crippen LogP contribution in [0, 0.1) is 0 Å². The van der Waals surface area contributed by atoms with Gasteiger partial charge < -0.3 is 5.11 Å². The zero-order valence-electron chi connectivity index (χ0n) is 9.62. The summed E-state index contributed by atoms with van der Waals surface area (Å²) in [5, 5.41) is 17.6. The Labute approximate surface area is 113 Å². The van der Waals surface area contributed by atoms with Crippen molar-refractivity contribution in [3.05, 3.63) is 53.1 Å². The highest BCUT2D eigenvalue weighted by Crippen LogP contribution is 2.21. The standard InChI is InChI=1S/C13H8ClN3O2/c14-8-3-1-4-9(7-8)17-11-6-2-5-10(13(18)19)12(11)15-16-17/h1-7H,(H,18,19). The van der Waals surface area contributed by atoms with Crippen LogP contribution in [0.5, 0.6) is 0 Å². The largest absolute Gasteiger partial charge is 0.478 e. The Morgan fingerprint density at radius 2 is 2.00 bits per heavy atom. The molecule has 0 atom stereocenters. The van der Waals surface area contributed by atoms with Gasteiger partial charge in [0.05, 0.1) is 16.8 Å². The summed E-state index contributed by atoms with van der Waals surface area (Å²) in [6.45, 7) is 0. The fraction of sp³-hybridized carbons (Fsp3) is 0. The number of carboxylic acids is 1. The minimum atomic E-state index is -1.02. The van der Waals surface area contributed by atoms with Crippen LogP contribution < -0.4 is 0 Å². The van der Waals surface area contributed by atoms with Crippen molar-refractivity contribution in [3.63, 3.8) is 0 Å². The van der Waals surface area contributed by atoms with Crippen molar-refractivity contribution >= 4 is 28.6 Å². The van der Waals surface area contributed by atoms with Gasteiger partial charge in [-0.3, -0.25) is 0 Å². The number of hydrogen-bond acceptors (Lipinski definition) is 3. The summed E-state index contributed by atoms with van der Waals surface area (Å²) >= 11 is 5.94. The van der Waals surface area contributed by atoms with Crippen molar-refractivity contribution in [3.8, 4) is 5.69 Å². The molecular weight excluding hydrogens is 266 g/mol. The lowest BCUT2D eigenvalue weighted by Crippen LogP contribution is -1.98. The number of nitrogens with zero attached hydrogens (tertiary/aromatic N) is 3. The molecule has 0 spiro atoms. The molecule has 19 heavy (non-hydrogen) atoms. The molecule has 2 aromatic carbocycles. The summed E-state index contributed by atoms with van der Waals surface area (Å²) in [4.78, 5) is 11.1. The first-order chi connectivity index (χ1) is 9.16. The number of benzene rings is 2. The van der Waals surface area contributed by atoms with Crippen molar-refractivity contribution in [2.24, 2.45) is 0 Å². The molecule has 3 aromatic rings. The molecule has 0 aliphatic carbocycles. The predicted octanol–water partition coefficient (Wildman–Crippen LogP) is 2.77. The third kappa shape index (κ3) is 1.94. The molecule has 94 valence electrons. The van der Waals surface area contributed by atoms with E-state index in [9.17, 15) is 4.79 Å². The van der Waals surface area contributed by atoms with E-state index in [1.54, 1.807) is 35.0 Å². The average Bonchev–Trinajstić information content (AvgIpc) is 2.82. The lowest BCUT2D eigenvalue weighted by molar-refractivity contribution is 0.0699. The molecule has 6 heteroatoms. The molecule has 5 nitrogen and oxygen atoms in total. The summed E-state index contributed by atoms with van der Waals surface area (Å²) in [6, 6.07) is 12.1. The first-order valence-corrected chi connectivity index (χ1v) is 5.88. The van der Waals surface area contributed by atoms with Crippen LogP contribution in [0.1, 0.15) is 10.4 Å². The second-order valence-electron chi connectivity index (χ2n) is 3.96. The Bertz CT molecular complexity index is 782. The molecule has 0 amide bonds.